The van der Waals surface area contributed by atoms with Gasteiger partial charge in [0.1, 0.15) is 30.6 Å². The molecule has 122 valence electrons. The van der Waals surface area contributed by atoms with Crippen molar-refractivity contribution < 1.29 is 13.9 Å². The van der Waals surface area contributed by atoms with E-state index in [1.54, 1.807) is 13.0 Å². The van der Waals surface area contributed by atoms with Crippen molar-refractivity contribution in [3.63, 3.8) is 0 Å². The summed E-state index contributed by atoms with van der Waals surface area (Å²) in [5.41, 5.74) is 0.656. The summed E-state index contributed by atoms with van der Waals surface area (Å²) >= 11 is 5.71. The second kappa shape index (κ2) is 6.64. The highest BCUT2D eigenvalue weighted by atomic mass is 35.5. The smallest absolute Gasteiger partial charge is 0.244 e. The summed E-state index contributed by atoms with van der Waals surface area (Å²) < 4.78 is 20.8. The standard InChI is InChI=1S/C15H16ClFN4O2/c1-9(21-8-18-7-19-21)15(22)20-13-4-5-23-14(13)10-2-3-11(16)12(17)6-10/h2-3,6-9,13-14H,4-5H2,1H3,(H,20,22). The Morgan fingerprint density at radius 3 is 3.09 bits per heavy atom. The van der Waals surface area contributed by atoms with Crippen LogP contribution in [0.15, 0.2) is 30.9 Å². The molecule has 2 aromatic rings. The van der Waals surface area contributed by atoms with Gasteiger partial charge in [-0.15, -0.1) is 0 Å². The Bertz CT molecular complexity index is 695. The predicted molar refractivity (Wildman–Crippen MR) is 81.4 cm³/mol. The van der Waals surface area contributed by atoms with Crippen LogP contribution >= 0.6 is 11.6 Å². The molecular formula is C15H16ClFN4O2. The van der Waals surface area contributed by atoms with E-state index in [1.807, 2.05) is 0 Å². The maximum Gasteiger partial charge on any atom is 0.244 e. The highest BCUT2D eigenvalue weighted by molar-refractivity contribution is 6.30. The number of carbonyl (C=O) groups is 1. The van der Waals surface area contributed by atoms with E-state index < -0.39 is 18.0 Å². The van der Waals surface area contributed by atoms with Gasteiger partial charge in [-0.05, 0) is 31.0 Å². The van der Waals surface area contributed by atoms with E-state index in [9.17, 15) is 9.18 Å². The first kappa shape index (κ1) is 15.9. The zero-order valence-corrected chi connectivity index (χ0v) is 13.2. The maximum absolute atomic E-state index is 13.6. The van der Waals surface area contributed by atoms with Crippen molar-refractivity contribution in [2.24, 2.45) is 0 Å². The molecule has 3 atom stereocenters. The van der Waals surface area contributed by atoms with Crippen molar-refractivity contribution in [2.75, 3.05) is 6.61 Å². The average Bonchev–Trinajstić information content (AvgIpc) is 3.20. The Kier molecular flexibility index (Phi) is 4.58. The van der Waals surface area contributed by atoms with Crippen LogP contribution in [0, 0.1) is 5.82 Å². The summed E-state index contributed by atoms with van der Waals surface area (Å²) in [5.74, 6) is -0.689. The molecule has 0 saturated carbocycles. The summed E-state index contributed by atoms with van der Waals surface area (Å²) in [7, 11) is 0. The van der Waals surface area contributed by atoms with Gasteiger partial charge in [0.2, 0.25) is 5.91 Å². The summed E-state index contributed by atoms with van der Waals surface area (Å²) in [6.45, 7) is 2.23. The Morgan fingerprint density at radius 2 is 2.39 bits per heavy atom. The number of amides is 1. The molecule has 1 saturated heterocycles. The third kappa shape index (κ3) is 3.35. The highest BCUT2D eigenvalue weighted by Crippen LogP contribution is 2.31. The quantitative estimate of drug-likeness (QED) is 0.928. The molecule has 1 N–H and O–H groups in total. The van der Waals surface area contributed by atoms with E-state index in [4.69, 9.17) is 16.3 Å². The fraction of sp³-hybridized carbons (Fsp3) is 0.400. The minimum absolute atomic E-state index is 0.0622. The zero-order chi connectivity index (χ0) is 16.4. The number of nitrogens with zero attached hydrogens (tertiary/aromatic N) is 3. The molecule has 23 heavy (non-hydrogen) atoms. The lowest BCUT2D eigenvalue weighted by Crippen LogP contribution is -2.40. The largest absolute Gasteiger partial charge is 0.371 e. The van der Waals surface area contributed by atoms with Gasteiger partial charge in [0.05, 0.1) is 11.1 Å². The van der Waals surface area contributed by atoms with Gasteiger partial charge in [0, 0.05) is 6.61 Å². The molecule has 1 amide bonds. The van der Waals surface area contributed by atoms with E-state index in [0.717, 1.165) is 0 Å². The molecule has 0 radical (unpaired) electrons. The van der Waals surface area contributed by atoms with E-state index in [2.05, 4.69) is 15.4 Å². The lowest BCUT2D eigenvalue weighted by molar-refractivity contribution is -0.125. The van der Waals surface area contributed by atoms with Crippen LogP contribution in [0.25, 0.3) is 0 Å². The van der Waals surface area contributed by atoms with Crippen LogP contribution in [0.2, 0.25) is 5.02 Å². The molecule has 6 nitrogen and oxygen atoms in total. The number of nitrogens with one attached hydrogen (secondary N) is 1. The number of rotatable bonds is 4. The van der Waals surface area contributed by atoms with Gasteiger partial charge in [-0.25, -0.2) is 14.1 Å². The fourth-order valence-electron chi connectivity index (χ4n) is 2.60. The fourth-order valence-corrected chi connectivity index (χ4v) is 2.71. The SMILES string of the molecule is CC(C(=O)NC1CCOC1c1ccc(Cl)c(F)c1)n1cncn1. The van der Waals surface area contributed by atoms with E-state index in [0.29, 0.717) is 18.6 Å². The number of hydrogen-bond acceptors (Lipinski definition) is 4. The summed E-state index contributed by atoms with van der Waals surface area (Å²) in [6, 6.07) is 3.83. The number of hydrogen-bond donors (Lipinski definition) is 1. The molecule has 0 spiro atoms. The molecule has 0 bridgehead atoms. The summed E-state index contributed by atoms with van der Waals surface area (Å²) in [6.07, 6.45) is 3.13. The first-order valence-electron chi connectivity index (χ1n) is 7.27. The molecule has 3 rings (SSSR count). The lowest BCUT2D eigenvalue weighted by Gasteiger charge is -2.22. The molecule has 1 aromatic heterocycles. The molecule has 1 aliphatic rings. The van der Waals surface area contributed by atoms with Gasteiger partial charge in [-0.3, -0.25) is 4.79 Å². The Morgan fingerprint density at radius 1 is 1.57 bits per heavy atom. The number of ether oxygens (including phenoxy) is 1. The number of carbonyl (C=O) groups excluding carboxylic acids is 1. The Balaban J connectivity index is 1.71. The Hall–Kier alpha value is -1.99. The third-order valence-electron chi connectivity index (χ3n) is 3.90. The average molecular weight is 339 g/mol. The number of halogens is 2. The van der Waals surface area contributed by atoms with E-state index in [-0.39, 0.29) is 17.0 Å². The lowest BCUT2D eigenvalue weighted by atomic mass is 10.0. The summed E-state index contributed by atoms with van der Waals surface area (Å²) in [5, 5.41) is 6.96. The van der Waals surface area contributed by atoms with Crippen LogP contribution in [0.5, 0.6) is 0 Å². The van der Waals surface area contributed by atoms with Crippen LogP contribution in [0.3, 0.4) is 0 Å². The van der Waals surface area contributed by atoms with Crippen molar-refractivity contribution in [2.45, 2.75) is 31.5 Å². The van der Waals surface area contributed by atoms with E-state index >= 15 is 0 Å². The van der Waals surface area contributed by atoms with Crippen molar-refractivity contribution in [3.05, 3.63) is 47.3 Å². The van der Waals surface area contributed by atoms with Crippen molar-refractivity contribution in [3.8, 4) is 0 Å². The van der Waals surface area contributed by atoms with Gasteiger partial charge in [-0.1, -0.05) is 17.7 Å². The van der Waals surface area contributed by atoms with Gasteiger partial charge >= 0.3 is 0 Å². The first-order chi connectivity index (χ1) is 11.1. The topological polar surface area (TPSA) is 69.0 Å². The summed E-state index contributed by atoms with van der Waals surface area (Å²) in [4.78, 5) is 16.2. The second-order valence-corrected chi connectivity index (χ2v) is 5.83. The van der Waals surface area contributed by atoms with Gasteiger partial charge in [0.15, 0.2) is 0 Å². The molecule has 2 heterocycles. The maximum atomic E-state index is 13.6. The molecule has 1 aliphatic heterocycles. The predicted octanol–water partition coefficient (Wildman–Crippen LogP) is 2.28. The molecule has 1 aromatic carbocycles. The van der Waals surface area contributed by atoms with Gasteiger partial charge in [-0.2, -0.15) is 5.10 Å². The van der Waals surface area contributed by atoms with Crippen molar-refractivity contribution >= 4 is 17.5 Å². The van der Waals surface area contributed by atoms with Crippen LogP contribution < -0.4 is 5.32 Å². The van der Waals surface area contributed by atoms with E-state index in [1.165, 1.54) is 29.5 Å². The number of benzene rings is 1. The molecule has 8 heteroatoms. The van der Waals surface area contributed by atoms with Crippen LogP contribution in [0.1, 0.15) is 31.1 Å². The van der Waals surface area contributed by atoms with Crippen LogP contribution in [-0.4, -0.2) is 33.3 Å². The van der Waals surface area contributed by atoms with Crippen LogP contribution in [0.4, 0.5) is 4.39 Å². The zero-order valence-electron chi connectivity index (χ0n) is 12.4. The molecule has 1 fully saturated rings. The minimum atomic E-state index is -0.499. The van der Waals surface area contributed by atoms with Crippen molar-refractivity contribution in [1.82, 2.24) is 20.1 Å². The minimum Gasteiger partial charge on any atom is -0.371 e. The molecule has 0 aliphatic carbocycles. The monoisotopic (exact) mass is 338 g/mol. The van der Waals surface area contributed by atoms with Crippen LogP contribution in [-0.2, 0) is 9.53 Å². The van der Waals surface area contributed by atoms with Gasteiger partial charge < -0.3 is 10.1 Å². The molecular weight excluding hydrogens is 323 g/mol. The highest BCUT2D eigenvalue weighted by Gasteiger charge is 2.32. The second-order valence-electron chi connectivity index (χ2n) is 5.42. The molecule has 3 unspecified atom stereocenters. The third-order valence-corrected chi connectivity index (χ3v) is 4.21. The normalized spacial score (nSPS) is 22.0. The number of aromatic nitrogens is 3. The van der Waals surface area contributed by atoms with Crippen molar-refractivity contribution in [1.29, 1.82) is 0 Å². The first-order valence-corrected chi connectivity index (χ1v) is 7.65. The Labute approximate surface area is 137 Å². The van der Waals surface area contributed by atoms with Gasteiger partial charge in [0.25, 0.3) is 0 Å².